The van der Waals surface area contributed by atoms with E-state index in [2.05, 4.69) is 29.2 Å². The summed E-state index contributed by atoms with van der Waals surface area (Å²) in [6.45, 7) is 4.19. The molecule has 0 aromatic heterocycles. The van der Waals surface area contributed by atoms with E-state index >= 15 is 0 Å². The Hall–Kier alpha value is -3.15. The number of anilines is 2. The second-order valence-electron chi connectivity index (χ2n) is 6.12. The number of esters is 1. The standard InChI is InChI=1S/C20H22N2O4/c1-13(2)14-4-8-16(9-5-14)21-18(23)12-19(24)22-17-10-6-15(7-11-17)20(25)26-3/h4-11,13H,12H2,1-3H3,(H,21,23)(H,22,24). The fourth-order valence-electron chi connectivity index (χ4n) is 2.32. The number of carbonyl (C=O) groups is 3. The van der Waals surface area contributed by atoms with Gasteiger partial charge in [0.25, 0.3) is 0 Å². The molecule has 2 aromatic carbocycles. The molecule has 0 atom stereocenters. The minimum Gasteiger partial charge on any atom is -0.465 e. The average Bonchev–Trinajstić information content (AvgIpc) is 2.61. The van der Waals surface area contributed by atoms with Crippen LogP contribution in [0.25, 0.3) is 0 Å². The van der Waals surface area contributed by atoms with Crippen LogP contribution in [0.5, 0.6) is 0 Å². The summed E-state index contributed by atoms with van der Waals surface area (Å²) in [6, 6.07) is 13.8. The van der Waals surface area contributed by atoms with Crippen molar-refractivity contribution < 1.29 is 19.1 Å². The van der Waals surface area contributed by atoms with E-state index in [0.29, 0.717) is 22.9 Å². The van der Waals surface area contributed by atoms with Gasteiger partial charge in [-0.25, -0.2) is 4.79 Å². The van der Waals surface area contributed by atoms with E-state index in [1.807, 2.05) is 24.3 Å². The molecule has 0 heterocycles. The van der Waals surface area contributed by atoms with Crippen molar-refractivity contribution in [1.82, 2.24) is 0 Å². The van der Waals surface area contributed by atoms with Crippen LogP contribution in [-0.2, 0) is 14.3 Å². The molecule has 0 unspecified atom stereocenters. The van der Waals surface area contributed by atoms with Crippen LogP contribution in [-0.4, -0.2) is 24.9 Å². The quantitative estimate of drug-likeness (QED) is 0.613. The second kappa shape index (κ2) is 8.80. The first-order valence-electron chi connectivity index (χ1n) is 8.27. The molecule has 0 aliphatic rings. The molecule has 2 N–H and O–H groups in total. The second-order valence-corrected chi connectivity index (χ2v) is 6.12. The summed E-state index contributed by atoms with van der Waals surface area (Å²) in [5.41, 5.74) is 2.70. The fraction of sp³-hybridized carbons (Fsp3) is 0.250. The molecule has 2 rings (SSSR count). The van der Waals surface area contributed by atoms with Crippen molar-refractivity contribution in [3.05, 3.63) is 59.7 Å². The lowest BCUT2D eigenvalue weighted by molar-refractivity contribution is -0.123. The van der Waals surface area contributed by atoms with Gasteiger partial charge in [-0.2, -0.15) is 0 Å². The number of nitrogens with one attached hydrogen (secondary N) is 2. The predicted octanol–water partition coefficient (Wildman–Crippen LogP) is 3.56. The highest BCUT2D eigenvalue weighted by Gasteiger charge is 2.11. The Morgan fingerprint density at radius 3 is 1.73 bits per heavy atom. The van der Waals surface area contributed by atoms with Crippen LogP contribution in [0.3, 0.4) is 0 Å². The summed E-state index contributed by atoms with van der Waals surface area (Å²) in [5.74, 6) is -0.875. The molecule has 26 heavy (non-hydrogen) atoms. The minimum atomic E-state index is -0.453. The first-order chi connectivity index (χ1) is 12.4. The first-order valence-corrected chi connectivity index (χ1v) is 8.27. The zero-order valence-electron chi connectivity index (χ0n) is 15.0. The van der Waals surface area contributed by atoms with Crippen LogP contribution >= 0.6 is 0 Å². The molecule has 2 amide bonds. The fourth-order valence-corrected chi connectivity index (χ4v) is 2.32. The number of methoxy groups -OCH3 is 1. The van der Waals surface area contributed by atoms with Crippen molar-refractivity contribution in [2.75, 3.05) is 17.7 Å². The summed E-state index contributed by atoms with van der Waals surface area (Å²) < 4.78 is 4.61. The van der Waals surface area contributed by atoms with Crippen molar-refractivity contribution in [3.8, 4) is 0 Å². The summed E-state index contributed by atoms with van der Waals surface area (Å²) >= 11 is 0. The molecular weight excluding hydrogens is 332 g/mol. The molecule has 0 saturated heterocycles. The van der Waals surface area contributed by atoms with Crippen LogP contribution in [0.2, 0.25) is 0 Å². The van der Waals surface area contributed by atoms with E-state index in [4.69, 9.17) is 0 Å². The molecular formula is C20H22N2O4. The normalized spacial score (nSPS) is 10.3. The van der Waals surface area contributed by atoms with Gasteiger partial charge in [0.1, 0.15) is 6.42 Å². The van der Waals surface area contributed by atoms with Gasteiger partial charge >= 0.3 is 5.97 Å². The maximum Gasteiger partial charge on any atom is 0.337 e. The molecule has 0 aliphatic carbocycles. The molecule has 0 radical (unpaired) electrons. The van der Waals surface area contributed by atoms with Crippen molar-refractivity contribution in [2.45, 2.75) is 26.2 Å². The van der Waals surface area contributed by atoms with Crippen LogP contribution in [0.1, 0.15) is 42.1 Å². The molecule has 6 nitrogen and oxygen atoms in total. The third-order valence-electron chi connectivity index (χ3n) is 3.77. The summed E-state index contributed by atoms with van der Waals surface area (Å²) in [5, 5.41) is 5.31. The van der Waals surface area contributed by atoms with E-state index in [-0.39, 0.29) is 6.42 Å². The van der Waals surface area contributed by atoms with Gasteiger partial charge in [-0.05, 0) is 47.9 Å². The number of rotatable bonds is 6. The maximum absolute atomic E-state index is 12.0. The number of hydrogen-bond donors (Lipinski definition) is 2. The van der Waals surface area contributed by atoms with E-state index in [0.717, 1.165) is 0 Å². The maximum atomic E-state index is 12.0. The number of hydrogen-bond acceptors (Lipinski definition) is 4. The third-order valence-corrected chi connectivity index (χ3v) is 3.77. The lowest BCUT2D eigenvalue weighted by atomic mass is 10.0. The lowest BCUT2D eigenvalue weighted by Gasteiger charge is -2.09. The number of benzene rings is 2. The summed E-state index contributed by atoms with van der Waals surface area (Å²) in [7, 11) is 1.30. The zero-order chi connectivity index (χ0) is 19.1. The van der Waals surface area contributed by atoms with Gasteiger partial charge in [-0.3, -0.25) is 9.59 Å². The van der Waals surface area contributed by atoms with Gasteiger partial charge in [0, 0.05) is 11.4 Å². The van der Waals surface area contributed by atoms with Gasteiger partial charge in [0.05, 0.1) is 12.7 Å². The third kappa shape index (κ3) is 5.44. The van der Waals surface area contributed by atoms with Crippen molar-refractivity contribution >= 4 is 29.2 Å². The Balaban J connectivity index is 1.86. The topological polar surface area (TPSA) is 84.5 Å². The first kappa shape index (κ1) is 19.2. The van der Waals surface area contributed by atoms with Gasteiger partial charge < -0.3 is 15.4 Å². The number of ether oxygens (including phenoxy) is 1. The molecule has 0 saturated carbocycles. The molecule has 0 spiro atoms. The number of amides is 2. The van der Waals surface area contributed by atoms with Crippen LogP contribution in [0, 0.1) is 0 Å². The largest absolute Gasteiger partial charge is 0.465 e. The molecule has 0 bridgehead atoms. The Bertz CT molecular complexity index is 780. The SMILES string of the molecule is COC(=O)c1ccc(NC(=O)CC(=O)Nc2ccc(C(C)C)cc2)cc1. The van der Waals surface area contributed by atoms with E-state index in [9.17, 15) is 14.4 Å². The zero-order valence-corrected chi connectivity index (χ0v) is 15.0. The van der Waals surface area contributed by atoms with E-state index in [1.165, 1.54) is 24.8 Å². The van der Waals surface area contributed by atoms with Gasteiger partial charge in [-0.15, -0.1) is 0 Å². The Morgan fingerprint density at radius 2 is 1.31 bits per heavy atom. The summed E-state index contributed by atoms with van der Waals surface area (Å²) in [4.78, 5) is 35.3. The number of carbonyl (C=O) groups excluding carboxylic acids is 3. The van der Waals surface area contributed by atoms with E-state index in [1.54, 1.807) is 12.1 Å². The van der Waals surface area contributed by atoms with Crippen LogP contribution in [0.15, 0.2) is 48.5 Å². The van der Waals surface area contributed by atoms with Crippen LogP contribution in [0.4, 0.5) is 11.4 Å². The van der Waals surface area contributed by atoms with Gasteiger partial charge in [0.2, 0.25) is 11.8 Å². The average molecular weight is 354 g/mol. The Morgan fingerprint density at radius 1 is 0.846 bits per heavy atom. The molecule has 0 aliphatic heterocycles. The van der Waals surface area contributed by atoms with Crippen molar-refractivity contribution in [3.63, 3.8) is 0 Å². The highest BCUT2D eigenvalue weighted by molar-refractivity contribution is 6.08. The molecule has 2 aromatic rings. The van der Waals surface area contributed by atoms with E-state index < -0.39 is 17.8 Å². The molecule has 136 valence electrons. The monoisotopic (exact) mass is 354 g/mol. The highest BCUT2D eigenvalue weighted by atomic mass is 16.5. The Labute approximate surface area is 152 Å². The van der Waals surface area contributed by atoms with Crippen molar-refractivity contribution in [1.29, 1.82) is 0 Å². The molecule has 0 fully saturated rings. The van der Waals surface area contributed by atoms with Crippen molar-refractivity contribution in [2.24, 2.45) is 0 Å². The predicted molar refractivity (Wildman–Crippen MR) is 100 cm³/mol. The molecule has 6 heteroatoms. The highest BCUT2D eigenvalue weighted by Crippen LogP contribution is 2.17. The lowest BCUT2D eigenvalue weighted by Crippen LogP contribution is -2.21. The Kier molecular flexibility index (Phi) is 6.49. The van der Waals surface area contributed by atoms with Gasteiger partial charge in [0.15, 0.2) is 0 Å². The smallest absolute Gasteiger partial charge is 0.337 e. The minimum absolute atomic E-state index is 0.301. The summed E-state index contributed by atoms with van der Waals surface area (Å²) in [6.07, 6.45) is -0.301. The van der Waals surface area contributed by atoms with Crippen LogP contribution < -0.4 is 10.6 Å². The van der Waals surface area contributed by atoms with Gasteiger partial charge in [-0.1, -0.05) is 26.0 Å².